The van der Waals surface area contributed by atoms with Gasteiger partial charge >= 0.3 is 11.9 Å². The number of hydrogen-bond donors (Lipinski definition) is 4. The number of nitrogen functional groups attached to an aromatic ring is 2. The molecule has 24 heteroatoms. The second kappa shape index (κ2) is 20.5. The van der Waals surface area contributed by atoms with E-state index in [0.717, 1.165) is 49.0 Å². The topological polar surface area (TPSA) is 286 Å². The summed E-state index contributed by atoms with van der Waals surface area (Å²) >= 11 is 0. The standard InChI is InChI=1S/C56H46F2N16O6/c1-71-25-35(23-61-71)63-55-67-49(65-53(59)69-55)37-5-3-7-43(73-17-15-31-19-33(29-9-10-29)21-41(57)47(31)51(73)77)39(37)27-79-45(75)13-14-46(76)80-28-40-38(50-66-54(60)70-56(68-50)64-36-24-62-72(2)26-36)6-4-8-44(40)74-18-16-32-20-34(30-11-12-30)22-42(58)48(32)52(74)78/h3-8,13-26,29-30H,9-12,27-28H2,1-2H3,(H3,59,63,65,67,69)(H3,60,64,66,68,70)/b14-13-. The Balaban J connectivity index is 0.851. The maximum absolute atomic E-state index is 15.8. The van der Waals surface area contributed by atoms with Gasteiger partial charge in [0.2, 0.25) is 23.8 Å². The number of carbonyl (C=O) groups excluding carboxylic acids is 2. The maximum atomic E-state index is 15.8. The Hall–Kier alpha value is -10.5. The average Bonchev–Trinajstić information content (AvgIpc) is 4.48. The highest BCUT2D eigenvalue weighted by Gasteiger charge is 2.28. The SMILES string of the molecule is Cn1cc(Nc2nc(N)nc(-c3cccc(-n4ccc5cc(C6CC6)cc(F)c5c4=O)c3COC(=O)/C=C\C(=O)OCc3c(-c4nc(N)nc(Nc5cnn(C)c5)n4)cccc3-n3ccc4cc(C5CC5)cc(F)c4c3=O)n2)cn1. The molecule has 6 aromatic heterocycles. The summed E-state index contributed by atoms with van der Waals surface area (Å²) in [7, 11) is 3.47. The predicted molar refractivity (Wildman–Crippen MR) is 291 cm³/mol. The zero-order valence-electron chi connectivity index (χ0n) is 42.7. The lowest BCUT2D eigenvalue weighted by Gasteiger charge is -2.17. The van der Waals surface area contributed by atoms with E-state index in [1.54, 1.807) is 96.8 Å². The fourth-order valence-electron chi connectivity index (χ4n) is 9.59. The van der Waals surface area contributed by atoms with Gasteiger partial charge < -0.3 is 31.6 Å². The molecule has 0 unspecified atom stereocenters. The fraction of sp³-hybridized carbons (Fsp3) is 0.179. The van der Waals surface area contributed by atoms with Gasteiger partial charge in [0, 0.05) is 73.3 Å². The number of esters is 2. The second-order valence-electron chi connectivity index (χ2n) is 19.4. The molecule has 22 nitrogen and oxygen atoms in total. The van der Waals surface area contributed by atoms with E-state index in [9.17, 15) is 19.2 Å². The summed E-state index contributed by atoms with van der Waals surface area (Å²) in [6.45, 7) is -1.05. The highest BCUT2D eigenvalue weighted by atomic mass is 19.1. The molecule has 0 bridgehead atoms. The van der Waals surface area contributed by atoms with Crippen molar-refractivity contribution in [1.82, 2.24) is 58.6 Å². The van der Waals surface area contributed by atoms with Crippen LogP contribution in [0.3, 0.4) is 0 Å². The van der Waals surface area contributed by atoms with Crippen LogP contribution < -0.4 is 33.2 Å². The number of aryl methyl sites for hydroxylation is 2. The molecule has 0 amide bonds. The Labute approximate surface area is 451 Å². The summed E-state index contributed by atoms with van der Waals surface area (Å²) in [6.07, 6.45) is 15.0. The minimum atomic E-state index is -1.01. The van der Waals surface area contributed by atoms with Gasteiger partial charge in [0.15, 0.2) is 11.6 Å². The van der Waals surface area contributed by atoms with Crippen LogP contribution in [0.4, 0.5) is 43.9 Å². The molecule has 0 radical (unpaired) electrons. The summed E-state index contributed by atoms with van der Waals surface area (Å²) in [4.78, 5) is 82.3. The minimum absolute atomic E-state index is 0.0317. The van der Waals surface area contributed by atoms with Crippen molar-refractivity contribution >= 4 is 68.7 Å². The molecular weight excluding hydrogens is 1030 g/mol. The molecule has 0 saturated heterocycles. The quantitative estimate of drug-likeness (QED) is 0.0538. The van der Waals surface area contributed by atoms with Crippen molar-refractivity contribution in [2.24, 2.45) is 14.1 Å². The Bertz CT molecular complexity index is 4040. The number of aromatic nitrogens is 12. The molecule has 0 aliphatic heterocycles. The number of benzene rings is 4. The number of hydrogen-bond acceptors (Lipinski definition) is 18. The zero-order valence-corrected chi connectivity index (χ0v) is 42.7. The molecule has 0 atom stereocenters. The molecular formula is C56H46F2N16O6. The van der Waals surface area contributed by atoms with Gasteiger partial charge in [-0.3, -0.25) is 28.1 Å². The number of ether oxygens (including phenoxy) is 2. The molecule has 6 N–H and O–H groups in total. The van der Waals surface area contributed by atoms with E-state index in [1.807, 2.05) is 12.1 Å². The van der Waals surface area contributed by atoms with Crippen LogP contribution in [-0.2, 0) is 46.4 Å². The van der Waals surface area contributed by atoms with Crippen LogP contribution >= 0.6 is 0 Å². The Kier molecular flexibility index (Phi) is 12.9. The van der Waals surface area contributed by atoms with Gasteiger partial charge in [0.05, 0.1) is 45.9 Å². The highest BCUT2D eigenvalue weighted by Crippen LogP contribution is 2.42. The predicted octanol–water partition coefficient (Wildman–Crippen LogP) is 7.49. The second-order valence-corrected chi connectivity index (χ2v) is 19.4. The van der Waals surface area contributed by atoms with E-state index in [4.69, 9.17) is 20.9 Å². The van der Waals surface area contributed by atoms with E-state index in [2.05, 4.69) is 50.7 Å². The summed E-state index contributed by atoms with van der Waals surface area (Å²) in [5.74, 6) is -3.02. The van der Waals surface area contributed by atoms with E-state index in [0.29, 0.717) is 22.1 Å². The zero-order chi connectivity index (χ0) is 55.3. The third-order valence-corrected chi connectivity index (χ3v) is 13.7. The first kappa shape index (κ1) is 50.3. The maximum Gasteiger partial charge on any atom is 0.331 e. The monoisotopic (exact) mass is 1080 g/mol. The number of pyridine rings is 2. The first-order valence-corrected chi connectivity index (χ1v) is 25.2. The van der Waals surface area contributed by atoms with E-state index in [1.165, 1.54) is 33.7 Å². The van der Waals surface area contributed by atoms with Crippen molar-refractivity contribution in [3.63, 3.8) is 0 Å². The van der Waals surface area contributed by atoms with Gasteiger partial charge in [-0.2, -0.15) is 40.1 Å². The summed E-state index contributed by atoms with van der Waals surface area (Å²) in [6, 6.07) is 19.4. The van der Waals surface area contributed by atoms with Crippen molar-refractivity contribution < 1.29 is 27.8 Å². The lowest BCUT2D eigenvalue weighted by atomic mass is 10.0. The molecule has 2 aliphatic carbocycles. The van der Waals surface area contributed by atoms with E-state index >= 15 is 8.78 Å². The third-order valence-electron chi connectivity index (χ3n) is 13.7. The third kappa shape index (κ3) is 10.3. The van der Waals surface area contributed by atoms with E-state index < -0.39 is 47.9 Å². The van der Waals surface area contributed by atoms with Crippen molar-refractivity contribution in [2.45, 2.75) is 50.7 Å². The Morgan fingerprint density at radius 1 is 0.613 bits per heavy atom. The lowest BCUT2D eigenvalue weighted by Crippen LogP contribution is -2.21. The van der Waals surface area contributed by atoms with Crippen LogP contribution in [0.2, 0.25) is 0 Å². The lowest BCUT2D eigenvalue weighted by molar-refractivity contribution is -0.141. The van der Waals surface area contributed by atoms with Crippen LogP contribution in [0, 0.1) is 11.6 Å². The van der Waals surface area contributed by atoms with Crippen LogP contribution in [0.1, 0.15) is 59.8 Å². The van der Waals surface area contributed by atoms with Crippen molar-refractivity contribution in [3.8, 4) is 34.2 Å². The molecule has 4 aromatic carbocycles. The highest BCUT2D eigenvalue weighted by molar-refractivity contribution is 5.92. The van der Waals surface area contributed by atoms with Crippen molar-refractivity contribution in [2.75, 3.05) is 22.1 Å². The number of rotatable bonds is 16. The number of fused-ring (bicyclic) bond motifs is 2. The van der Waals surface area contributed by atoms with Crippen molar-refractivity contribution in [3.05, 3.63) is 177 Å². The molecule has 2 saturated carbocycles. The van der Waals surface area contributed by atoms with Crippen LogP contribution in [0.25, 0.3) is 55.7 Å². The molecule has 12 rings (SSSR count). The largest absolute Gasteiger partial charge is 0.458 e. The number of carbonyl (C=O) groups is 2. The van der Waals surface area contributed by atoms with Gasteiger partial charge in [0.1, 0.15) is 24.8 Å². The first-order valence-electron chi connectivity index (χ1n) is 25.2. The van der Waals surface area contributed by atoms with Gasteiger partial charge in [-0.25, -0.2) is 18.4 Å². The van der Waals surface area contributed by atoms with Crippen LogP contribution in [0.5, 0.6) is 0 Å². The van der Waals surface area contributed by atoms with Gasteiger partial charge in [-0.1, -0.05) is 36.4 Å². The van der Waals surface area contributed by atoms with Gasteiger partial charge in [-0.05, 0) is 95.8 Å². The smallest absolute Gasteiger partial charge is 0.331 e. The number of nitrogens with two attached hydrogens (primary N) is 2. The Morgan fingerprint density at radius 2 is 1.04 bits per heavy atom. The van der Waals surface area contributed by atoms with Crippen LogP contribution in [-0.4, -0.2) is 70.5 Å². The number of nitrogens with one attached hydrogen (secondary N) is 2. The Morgan fingerprint density at radius 3 is 1.43 bits per heavy atom. The molecule has 10 aromatic rings. The molecule has 0 spiro atoms. The molecule has 2 fully saturated rings. The molecule has 6 heterocycles. The average molecular weight is 1080 g/mol. The number of anilines is 6. The molecule has 400 valence electrons. The first-order chi connectivity index (χ1) is 38.7. The summed E-state index contributed by atoms with van der Waals surface area (Å²) < 4.78 is 48.8. The normalized spacial score (nSPS) is 13.3. The molecule has 2 aliphatic rings. The molecule has 80 heavy (non-hydrogen) atoms. The fourth-order valence-corrected chi connectivity index (χ4v) is 9.59. The number of halogens is 2. The van der Waals surface area contributed by atoms with E-state index in [-0.39, 0.29) is 91.7 Å². The summed E-state index contributed by atoms with van der Waals surface area (Å²) in [5, 5.41) is 15.0. The van der Waals surface area contributed by atoms with Crippen molar-refractivity contribution in [1.29, 1.82) is 0 Å². The van der Waals surface area contributed by atoms with Gasteiger partial charge in [-0.15, -0.1) is 0 Å². The number of nitrogens with zero attached hydrogens (tertiary/aromatic N) is 12. The summed E-state index contributed by atoms with van der Waals surface area (Å²) in [5.41, 5.74) is 15.1. The minimum Gasteiger partial charge on any atom is -0.458 e. The van der Waals surface area contributed by atoms with Crippen LogP contribution in [0.15, 0.2) is 132 Å². The van der Waals surface area contributed by atoms with Gasteiger partial charge in [0.25, 0.3) is 11.1 Å².